The summed E-state index contributed by atoms with van der Waals surface area (Å²) in [5.74, 6) is -0.0590. The highest BCUT2D eigenvalue weighted by Crippen LogP contribution is 2.39. The van der Waals surface area contributed by atoms with Crippen LogP contribution in [0.5, 0.6) is 5.75 Å². The van der Waals surface area contributed by atoms with Crippen LogP contribution in [-0.4, -0.2) is 16.3 Å². The summed E-state index contributed by atoms with van der Waals surface area (Å²) >= 11 is 0. The molecule has 2 rings (SSSR count). The van der Waals surface area contributed by atoms with Crippen molar-refractivity contribution in [3.05, 3.63) is 46.2 Å². The van der Waals surface area contributed by atoms with Crippen LogP contribution < -0.4 is 10.3 Å². The molecule has 0 aliphatic carbocycles. The fourth-order valence-corrected chi connectivity index (χ4v) is 2.71. The quantitative estimate of drug-likeness (QED) is 0.859. The van der Waals surface area contributed by atoms with Crippen molar-refractivity contribution in [2.24, 2.45) is 11.8 Å². The van der Waals surface area contributed by atoms with Crippen molar-refractivity contribution < 1.29 is 17.9 Å². The standard InChI is InChI=1S/C18H21F3N2O2/c1-10(2)17(11(3)4)25-15-7-5-12(9-13(15)18(19,20)21)14-6-8-16(24)23-22-14/h5-11,17H,1-4H3,(H,23,24). The molecule has 0 fully saturated rings. The first-order chi connectivity index (χ1) is 11.6. The number of hydrogen-bond donors (Lipinski definition) is 1. The highest BCUT2D eigenvalue weighted by Gasteiger charge is 2.36. The number of halogens is 3. The largest absolute Gasteiger partial charge is 0.489 e. The smallest absolute Gasteiger partial charge is 0.419 e. The van der Waals surface area contributed by atoms with E-state index in [0.717, 1.165) is 6.07 Å². The van der Waals surface area contributed by atoms with Gasteiger partial charge in [0.15, 0.2) is 0 Å². The molecular weight excluding hydrogens is 333 g/mol. The first kappa shape index (κ1) is 19.0. The Labute approximate surface area is 144 Å². The average Bonchev–Trinajstić information content (AvgIpc) is 2.52. The normalized spacial score (nSPS) is 12.2. The summed E-state index contributed by atoms with van der Waals surface area (Å²) in [6.07, 6.45) is -4.90. The van der Waals surface area contributed by atoms with Crippen LogP contribution in [-0.2, 0) is 6.18 Å². The predicted molar refractivity (Wildman–Crippen MR) is 89.4 cm³/mol. The van der Waals surface area contributed by atoms with Gasteiger partial charge in [-0.25, -0.2) is 5.10 Å². The molecule has 7 heteroatoms. The molecule has 136 valence electrons. The van der Waals surface area contributed by atoms with Gasteiger partial charge in [-0.2, -0.15) is 18.3 Å². The molecule has 1 heterocycles. The number of nitrogens with zero attached hydrogens (tertiary/aromatic N) is 1. The second-order valence-electron chi connectivity index (χ2n) is 6.59. The third-order valence-electron chi connectivity index (χ3n) is 3.84. The van der Waals surface area contributed by atoms with E-state index < -0.39 is 17.3 Å². The van der Waals surface area contributed by atoms with E-state index in [1.165, 1.54) is 24.3 Å². The molecule has 0 saturated heterocycles. The SMILES string of the molecule is CC(C)C(Oc1ccc(-c2ccc(=O)[nH]n2)cc1C(F)(F)F)C(C)C. The Bertz CT molecular complexity index is 754. The number of benzene rings is 1. The van der Waals surface area contributed by atoms with Crippen LogP contribution in [0.25, 0.3) is 11.3 Å². The summed E-state index contributed by atoms with van der Waals surface area (Å²) in [6, 6.07) is 6.40. The van der Waals surface area contributed by atoms with E-state index in [2.05, 4.69) is 10.2 Å². The van der Waals surface area contributed by atoms with Crippen molar-refractivity contribution >= 4 is 0 Å². The number of aromatic nitrogens is 2. The van der Waals surface area contributed by atoms with Gasteiger partial charge in [-0.05, 0) is 36.1 Å². The number of alkyl halides is 3. The fraction of sp³-hybridized carbons (Fsp3) is 0.444. The summed E-state index contributed by atoms with van der Waals surface area (Å²) in [7, 11) is 0. The maximum Gasteiger partial charge on any atom is 0.419 e. The van der Waals surface area contributed by atoms with Crippen LogP contribution in [0.1, 0.15) is 33.3 Å². The van der Waals surface area contributed by atoms with Gasteiger partial charge >= 0.3 is 6.18 Å². The van der Waals surface area contributed by atoms with E-state index in [4.69, 9.17) is 4.74 Å². The zero-order valence-corrected chi connectivity index (χ0v) is 14.5. The van der Waals surface area contributed by atoms with Crippen LogP contribution in [0, 0.1) is 11.8 Å². The maximum absolute atomic E-state index is 13.5. The zero-order valence-electron chi connectivity index (χ0n) is 14.5. The molecule has 0 unspecified atom stereocenters. The molecule has 25 heavy (non-hydrogen) atoms. The molecule has 2 aromatic rings. The van der Waals surface area contributed by atoms with Crippen molar-refractivity contribution in [3.8, 4) is 17.0 Å². The van der Waals surface area contributed by atoms with E-state index in [1.807, 2.05) is 27.7 Å². The Balaban J connectivity index is 2.47. The van der Waals surface area contributed by atoms with E-state index >= 15 is 0 Å². The summed E-state index contributed by atoms with van der Waals surface area (Å²) in [5, 5.41) is 5.99. The van der Waals surface area contributed by atoms with Gasteiger partial charge in [0.2, 0.25) is 0 Å². The first-order valence-corrected chi connectivity index (χ1v) is 8.03. The zero-order chi connectivity index (χ0) is 18.8. The number of ether oxygens (including phenoxy) is 1. The third kappa shape index (κ3) is 4.61. The number of rotatable bonds is 5. The van der Waals surface area contributed by atoms with Crippen LogP contribution in [0.4, 0.5) is 13.2 Å². The van der Waals surface area contributed by atoms with Crippen molar-refractivity contribution in [1.29, 1.82) is 0 Å². The number of aromatic amines is 1. The predicted octanol–water partition coefficient (Wildman–Crippen LogP) is 4.52. The lowest BCUT2D eigenvalue weighted by molar-refractivity contribution is -0.139. The summed E-state index contributed by atoms with van der Waals surface area (Å²) < 4.78 is 46.2. The van der Waals surface area contributed by atoms with E-state index in [0.29, 0.717) is 0 Å². The third-order valence-corrected chi connectivity index (χ3v) is 3.84. The van der Waals surface area contributed by atoms with E-state index in [1.54, 1.807) is 0 Å². The molecule has 1 N–H and O–H groups in total. The van der Waals surface area contributed by atoms with Crippen LogP contribution in [0.3, 0.4) is 0 Å². The van der Waals surface area contributed by atoms with Gasteiger partial charge in [0.05, 0.1) is 11.3 Å². The Morgan fingerprint density at radius 2 is 1.68 bits per heavy atom. The Kier molecular flexibility index (Phi) is 5.55. The molecular formula is C18H21F3N2O2. The molecule has 0 amide bonds. The van der Waals surface area contributed by atoms with E-state index in [-0.39, 0.29) is 34.9 Å². The summed E-state index contributed by atoms with van der Waals surface area (Å²) in [6.45, 7) is 7.65. The average molecular weight is 354 g/mol. The molecule has 0 aliphatic rings. The number of hydrogen-bond acceptors (Lipinski definition) is 3. The number of H-pyrrole nitrogens is 1. The second-order valence-corrected chi connectivity index (χ2v) is 6.59. The minimum absolute atomic E-state index is 0.0709. The Morgan fingerprint density at radius 3 is 2.16 bits per heavy atom. The van der Waals surface area contributed by atoms with Gasteiger partial charge < -0.3 is 4.74 Å². The highest BCUT2D eigenvalue weighted by atomic mass is 19.4. The molecule has 0 saturated carbocycles. The van der Waals surface area contributed by atoms with Gasteiger partial charge in [0.1, 0.15) is 11.9 Å². The lowest BCUT2D eigenvalue weighted by Gasteiger charge is -2.27. The monoisotopic (exact) mass is 354 g/mol. The summed E-state index contributed by atoms with van der Waals surface area (Å²) in [4.78, 5) is 11.1. The molecule has 0 atom stereocenters. The molecule has 0 radical (unpaired) electrons. The van der Waals surface area contributed by atoms with Crippen LogP contribution in [0.2, 0.25) is 0 Å². The lowest BCUT2D eigenvalue weighted by Crippen LogP contribution is -2.29. The van der Waals surface area contributed by atoms with Gasteiger partial charge in [-0.3, -0.25) is 4.79 Å². The maximum atomic E-state index is 13.5. The first-order valence-electron chi connectivity index (χ1n) is 8.03. The molecule has 0 aliphatic heterocycles. The Morgan fingerprint density at radius 1 is 1.04 bits per heavy atom. The van der Waals surface area contributed by atoms with Gasteiger partial charge in [0.25, 0.3) is 5.56 Å². The highest BCUT2D eigenvalue weighted by molar-refractivity contribution is 5.62. The Hall–Kier alpha value is -2.31. The minimum atomic E-state index is -4.56. The van der Waals surface area contributed by atoms with Crippen molar-refractivity contribution in [2.75, 3.05) is 0 Å². The fourth-order valence-electron chi connectivity index (χ4n) is 2.71. The van der Waals surface area contributed by atoms with Gasteiger partial charge in [-0.15, -0.1) is 0 Å². The van der Waals surface area contributed by atoms with Crippen LogP contribution in [0.15, 0.2) is 35.1 Å². The molecule has 1 aromatic heterocycles. The second kappa shape index (κ2) is 7.29. The molecule has 0 spiro atoms. The molecule has 1 aromatic carbocycles. The van der Waals surface area contributed by atoms with Gasteiger partial charge in [0, 0.05) is 11.6 Å². The van der Waals surface area contributed by atoms with Crippen LogP contribution >= 0.6 is 0 Å². The van der Waals surface area contributed by atoms with Crippen molar-refractivity contribution in [2.45, 2.75) is 40.0 Å². The molecule has 0 bridgehead atoms. The topological polar surface area (TPSA) is 55.0 Å². The molecule has 4 nitrogen and oxygen atoms in total. The van der Waals surface area contributed by atoms with Crippen molar-refractivity contribution in [3.63, 3.8) is 0 Å². The van der Waals surface area contributed by atoms with Gasteiger partial charge in [-0.1, -0.05) is 27.7 Å². The summed E-state index contributed by atoms with van der Waals surface area (Å²) in [5.41, 5.74) is -0.775. The number of nitrogens with one attached hydrogen (secondary N) is 1. The van der Waals surface area contributed by atoms with E-state index in [9.17, 15) is 18.0 Å². The lowest BCUT2D eigenvalue weighted by atomic mass is 9.96. The van der Waals surface area contributed by atoms with Crippen molar-refractivity contribution in [1.82, 2.24) is 10.2 Å². The minimum Gasteiger partial charge on any atom is -0.489 e.